The molecule has 0 saturated carbocycles. The van der Waals surface area contributed by atoms with Gasteiger partial charge in [0.25, 0.3) is 0 Å². The zero-order chi connectivity index (χ0) is 23.4. The van der Waals surface area contributed by atoms with Crippen LogP contribution in [0, 0.1) is 4.77 Å². The van der Waals surface area contributed by atoms with Gasteiger partial charge in [0, 0.05) is 18.0 Å². The molecule has 4 aromatic rings. The van der Waals surface area contributed by atoms with E-state index in [0.717, 1.165) is 16.7 Å². The Morgan fingerprint density at radius 2 is 1.76 bits per heavy atom. The number of hydrogen-bond donors (Lipinski definition) is 2. The van der Waals surface area contributed by atoms with Gasteiger partial charge >= 0.3 is 0 Å². The SMILES string of the molecule is COc1cc(CNn2c(-c3ccncc3)n[nH]c2=S)cc(Cl)c1OCc1ccc(Cl)c(Cl)c1. The quantitative estimate of drug-likeness (QED) is 0.265. The van der Waals surface area contributed by atoms with Crippen molar-refractivity contribution in [2.24, 2.45) is 0 Å². The molecule has 2 heterocycles. The molecular weight excluding hydrogens is 505 g/mol. The Bertz CT molecular complexity index is 1330. The molecule has 0 bridgehead atoms. The van der Waals surface area contributed by atoms with Crippen molar-refractivity contribution < 1.29 is 9.47 Å². The van der Waals surface area contributed by atoms with Crippen LogP contribution in [-0.2, 0) is 13.2 Å². The molecule has 0 aliphatic heterocycles. The highest BCUT2D eigenvalue weighted by molar-refractivity contribution is 7.71. The molecular formula is C22H18Cl3N5O2S. The van der Waals surface area contributed by atoms with Crippen molar-refractivity contribution in [3.63, 3.8) is 0 Å². The minimum atomic E-state index is 0.254. The number of rotatable bonds is 8. The van der Waals surface area contributed by atoms with E-state index in [4.69, 9.17) is 56.5 Å². The second kappa shape index (κ2) is 10.4. The van der Waals surface area contributed by atoms with E-state index in [1.165, 1.54) is 0 Å². The molecule has 0 aliphatic rings. The van der Waals surface area contributed by atoms with Gasteiger partial charge in [0.15, 0.2) is 17.3 Å². The third kappa shape index (κ3) is 5.42. The maximum absolute atomic E-state index is 6.52. The number of ether oxygens (including phenoxy) is 2. The summed E-state index contributed by atoms with van der Waals surface area (Å²) in [6.45, 7) is 0.666. The predicted molar refractivity (Wildman–Crippen MR) is 133 cm³/mol. The molecule has 2 N–H and O–H groups in total. The Balaban J connectivity index is 1.51. The Hall–Kier alpha value is -2.78. The lowest BCUT2D eigenvalue weighted by atomic mass is 10.2. The van der Waals surface area contributed by atoms with Crippen molar-refractivity contribution in [1.82, 2.24) is 19.9 Å². The molecule has 0 fully saturated rings. The van der Waals surface area contributed by atoms with Crippen molar-refractivity contribution >= 4 is 47.0 Å². The van der Waals surface area contributed by atoms with Crippen LogP contribution in [0.1, 0.15) is 11.1 Å². The standard InChI is InChI=1S/C22H18Cl3N5O2S/c1-31-19-10-14(9-18(25)20(19)32-12-13-2-3-16(23)17(24)8-13)11-27-30-21(28-29-22(30)33)15-4-6-26-7-5-15/h2-10,27H,11-12H2,1H3,(H,29,33). The summed E-state index contributed by atoms with van der Waals surface area (Å²) in [5.74, 6) is 1.58. The first-order valence-electron chi connectivity index (χ1n) is 9.71. The summed E-state index contributed by atoms with van der Waals surface area (Å²) in [6.07, 6.45) is 3.39. The number of H-pyrrole nitrogens is 1. The minimum absolute atomic E-state index is 0.254. The van der Waals surface area contributed by atoms with Crippen LogP contribution in [0.25, 0.3) is 11.4 Å². The lowest BCUT2D eigenvalue weighted by molar-refractivity contribution is 0.284. The van der Waals surface area contributed by atoms with Crippen molar-refractivity contribution in [2.45, 2.75) is 13.2 Å². The average molecular weight is 523 g/mol. The molecule has 33 heavy (non-hydrogen) atoms. The van der Waals surface area contributed by atoms with Crippen LogP contribution in [0.2, 0.25) is 15.1 Å². The zero-order valence-corrected chi connectivity index (χ0v) is 20.4. The van der Waals surface area contributed by atoms with E-state index >= 15 is 0 Å². The van der Waals surface area contributed by atoms with Crippen molar-refractivity contribution in [1.29, 1.82) is 0 Å². The fourth-order valence-corrected chi connectivity index (χ4v) is 3.91. The van der Waals surface area contributed by atoms with Crippen LogP contribution in [0.5, 0.6) is 11.5 Å². The van der Waals surface area contributed by atoms with Gasteiger partial charge in [-0.3, -0.25) is 4.98 Å². The number of aromatic amines is 1. The minimum Gasteiger partial charge on any atom is -0.493 e. The normalized spacial score (nSPS) is 10.8. The first-order valence-corrected chi connectivity index (χ1v) is 11.3. The second-order valence-corrected chi connectivity index (χ2v) is 8.51. The zero-order valence-electron chi connectivity index (χ0n) is 17.3. The number of methoxy groups -OCH3 is 1. The summed E-state index contributed by atoms with van der Waals surface area (Å²) in [7, 11) is 1.56. The van der Waals surface area contributed by atoms with Crippen LogP contribution in [-0.4, -0.2) is 27.0 Å². The fraction of sp³-hybridized carbons (Fsp3) is 0.136. The summed E-state index contributed by atoms with van der Waals surface area (Å²) >= 11 is 23.9. The summed E-state index contributed by atoms with van der Waals surface area (Å²) < 4.78 is 13.6. The van der Waals surface area contributed by atoms with Crippen molar-refractivity contribution in [3.05, 3.63) is 85.8 Å². The highest BCUT2D eigenvalue weighted by Gasteiger charge is 2.14. The first kappa shape index (κ1) is 23.4. The summed E-state index contributed by atoms with van der Waals surface area (Å²) in [5.41, 5.74) is 5.84. The number of nitrogens with zero attached hydrogens (tertiary/aromatic N) is 3. The number of nitrogens with one attached hydrogen (secondary N) is 2. The van der Waals surface area contributed by atoms with Crippen LogP contribution >= 0.6 is 47.0 Å². The van der Waals surface area contributed by atoms with Gasteiger partial charge in [0.05, 0.1) is 28.7 Å². The smallest absolute Gasteiger partial charge is 0.214 e. The first-order chi connectivity index (χ1) is 16.0. The second-order valence-electron chi connectivity index (χ2n) is 6.90. The Labute approximate surface area is 210 Å². The number of halogens is 3. The van der Waals surface area contributed by atoms with Crippen LogP contribution in [0.15, 0.2) is 54.9 Å². The fourth-order valence-electron chi connectivity index (χ4n) is 3.11. The average Bonchev–Trinajstić information content (AvgIpc) is 3.19. The lowest BCUT2D eigenvalue weighted by Crippen LogP contribution is -2.16. The van der Waals surface area contributed by atoms with Crippen molar-refractivity contribution in [3.8, 4) is 22.9 Å². The molecule has 0 saturated heterocycles. The van der Waals surface area contributed by atoms with Gasteiger partial charge in [-0.1, -0.05) is 40.9 Å². The lowest BCUT2D eigenvalue weighted by Gasteiger charge is -2.16. The molecule has 2 aromatic carbocycles. The van der Waals surface area contributed by atoms with Crippen LogP contribution < -0.4 is 14.9 Å². The molecule has 0 radical (unpaired) electrons. The summed E-state index contributed by atoms with van der Waals surface area (Å²) in [5, 5.41) is 8.45. The summed E-state index contributed by atoms with van der Waals surface area (Å²) in [6, 6.07) is 12.7. The molecule has 0 spiro atoms. The summed E-state index contributed by atoms with van der Waals surface area (Å²) in [4.78, 5) is 4.03. The van der Waals surface area contributed by atoms with Gasteiger partial charge in [-0.15, -0.1) is 0 Å². The molecule has 0 unspecified atom stereocenters. The van der Waals surface area contributed by atoms with E-state index < -0.39 is 0 Å². The monoisotopic (exact) mass is 521 g/mol. The van der Waals surface area contributed by atoms with E-state index in [2.05, 4.69) is 20.6 Å². The molecule has 7 nitrogen and oxygen atoms in total. The number of benzene rings is 2. The number of hydrogen-bond acceptors (Lipinski definition) is 6. The van der Waals surface area contributed by atoms with E-state index in [-0.39, 0.29) is 6.61 Å². The van der Waals surface area contributed by atoms with Crippen LogP contribution in [0.3, 0.4) is 0 Å². The topological polar surface area (TPSA) is 77.0 Å². The van der Waals surface area contributed by atoms with E-state index in [0.29, 0.717) is 43.7 Å². The maximum Gasteiger partial charge on any atom is 0.214 e. The van der Waals surface area contributed by atoms with Gasteiger partial charge in [0.1, 0.15) is 6.61 Å². The highest BCUT2D eigenvalue weighted by Crippen LogP contribution is 2.37. The molecule has 4 rings (SSSR count). The maximum atomic E-state index is 6.52. The molecule has 0 aliphatic carbocycles. The number of aromatic nitrogens is 4. The number of pyridine rings is 1. The third-order valence-corrected chi connectivity index (χ3v) is 6.00. The highest BCUT2D eigenvalue weighted by atomic mass is 35.5. The molecule has 0 atom stereocenters. The molecule has 170 valence electrons. The van der Waals surface area contributed by atoms with Gasteiger partial charge in [-0.05, 0) is 59.7 Å². The van der Waals surface area contributed by atoms with Gasteiger partial charge in [-0.2, -0.15) is 5.10 Å². The van der Waals surface area contributed by atoms with Gasteiger partial charge < -0.3 is 14.9 Å². The Morgan fingerprint density at radius 3 is 2.48 bits per heavy atom. The molecule has 11 heteroatoms. The molecule has 2 aromatic heterocycles. The third-order valence-electron chi connectivity index (χ3n) is 4.71. The van der Waals surface area contributed by atoms with Crippen molar-refractivity contribution in [2.75, 3.05) is 12.5 Å². The van der Waals surface area contributed by atoms with E-state index in [1.807, 2.05) is 24.3 Å². The Kier molecular flexibility index (Phi) is 7.39. The largest absolute Gasteiger partial charge is 0.493 e. The molecule has 0 amide bonds. The van der Waals surface area contributed by atoms with Crippen LogP contribution in [0.4, 0.5) is 0 Å². The Morgan fingerprint density at radius 1 is 1.00 bits per heavy atom. The van der Waals surface area contributed by atoms with Gasteiger partial charge in [-0.25, -0.2) is 9.77 Å². The van der Waals surface area contributed by atoms with E-state index in [1.54, 1.807) is 42.4 Å². The van der Waals surface area contributed by atoms with Gasteiger partial charge in [0.2, 0.25) is 4.77 Å². The van der Waals surface area contributed by atoms with E-state index in [9.17, 15) is 0 Å². The predicted octanol–water partition coefficient (Wildman–Crippen LogP) is 6.29.